The quantitative estimate of drug-likeness (QED) is 0.687. The molecule has 0 atom stereocenters. The van der Waals surface area contributed by atoms with Gasteiger partial charge in [0, 0.05) is 0 Å². The van der Waals surface area contributed by atoms with Crippen LogP contribution in [0.25, 0.3) is 0 Å². The summed E-state index contributed by atoms with van der Waals surface area (Å²) in [5.74, 6) is 1.54. The molecule has 0 heterocycles. The maximum absolute atomic E-state index is 5.74. The first-order valence-corrected chi connectivity index (χ1v) is 7.33. The van der Waals surface area contributed by atoms with E-state index in [-0.39, 0.29) is 5.41 Å². The fraction of sp³-hybridized carbons (Fsp3) is 0.667. The van der Waals surface area contributed by atoms with Crippen molar-refractivity contribution in [1.82, 2.24) is 0 Å². The first-order chi connectivity index (χ1) is 8.60. The van der Waals surface area contributed by atoms with Crippen molar-refractivity contribution in [2.24, 2.45) is 11.3 Å². The molecule has 0 fully saturated rings. The average Bonchev–Trinajstić information content (AvgIpc) is 2.23. The highest BCUT2D eigenvalue weighted by Gasteiger charge is 2.27. The van der Waals surface area contributed by atoms with Crippen LogP contribution in [0, 0.1) is 11.3 Å². The van der Waals surface area contributed by atoms with Crippen LogP contribution in [0.15, 0.2) is 24.3 Å². The van der Waals surface area contributed by atoms with E-state index >= 15 is 0 Å². The second-order valence-electron chi connectivity index (χ2n) is 7.85. The topological polar surface area (TPSA) is 9.23 Å². The van der Waals surface area contributed by atoms with Crippen molar-refractivity contribution in [3.05, 3.63) is 29.8 Å². The first-order valence-electron chi connectivity index (χ1n) is 7.33. The first kappa shape index (κ1) is 16.1. The van der Waals surface area contributed by atoms with E-state index in [4.69, 9.17) is 4.74 Å². The molecule has 0 spiro atoms. The summed E-state index contributed by atoms with van der Waals surface area (Å²) < 4.78 is 5.74. The van der Waals surface area contributed by atoms with E-state index in [1.807, 2.05) is 0 Å². The third-order valence-corrected chi connectivity index (χ3v) is 3.19. The highest BCUT2D eigenvalue weighted by molar-refractivity contribution is 5.31. The molecule has 0 aliphatic rings. The van der Waals surface area contributed by atoms with Crippen molar-refractivity contribution in [2.45, 2.75) is 60.3 Å². The zero-order valence-corrected chi connectivity index (χ0v) is 13.7. The van der Waals surface area contributed by atoms with Crippen LogP contribution in [0.3, 0.4) is 0 Å². The molecular formula is C18H30O. The fourth-order valence-corrected chi connectivity index (χ4v) is 2.69. The molecular weight excluding hydrogens is 232 g/mol. The summed E-state index contributed by atoms with van der Waals surface area (Å²) in [6.07, 6.45) is 1.17. The van der Waals surface area contributed by atoms with Gasteiger partial charge in [-0.2, -0.15) is 0 Å². The molecule has 0 N–H and O–H groups in total. The van der Waals surface area contributed by atoms with Crippen molar-refractivity contribution in [3.63, 3.8) is 0 Å². The SMILES string of the molecule is CC(C)COc1ccc(C(C)(C)CC(C)(C)C)cc1. The van der Waals surface area contributed by atoms with E-state index in [0.717, 1.165) is 12.4 Å². The van der Waals surface area contributed by atoms with E-state index in [1.54, 1.807) is 0 Å². The normalized spacial score (nSPS) is 12.8. The van der Waals surface area contributed by atoms with Gasteiger partial charge in [-0.3, -0.25) is 0 Å². The fourth-order valence-electron chi connectivity index (χ4n) is 2.69. The van der Waals surface area contributed by atoms with Gasteiger partial charge in [0.2, 0.25) is 0 Å². The molecule has 108 valence electrons. The van der Waals surface area contributed by atoms with Gasteiger partial charge in [0.05, 0.1) is 6.61 Å². The lowest BCUT2D eigenvalue weighted by Crippen LogP contribution is -2.24. The summed E-state index contributed by atoms with van der Waals surface area (Å²) in [5.41, 5.74) is 1.94. The lowest BCUT2D eigenvalue weighted by atomic mass is 9.72. The Bertz CT molecular complexity index is 379. The van der Waals surface area contributed by atoms with Crippen LogP contribution in [0.5, 0.6) is 5.75 Å². The molecule has 0 radical (unpaired) electrons. The van der Waals surface area contributed by atoms with Gasteiger partial charge in [-0.1, -0.05) is 60.6 Å². The van der Waals surface area contributed by atoms with E-state index in [9.17, 15) is 0 Å². The maximum atomic E-state index is 5.74. The van der Waals surface area contributed by atoms with Crippen LogP contribution in [0.1, 0.15) is 60.5 Å². The molecule has 19 heavy (non-hydrogen) atoms. The Morgan fingerprint density at radius 2 is 1.47 bits per heavy atom. The molecule has 0 aliphatic carbocycles. The van der Waals surface area contributed by atoms with E-state index in [1.165, 1.54) is 12.0 Å². The summed E-state index contributed by atoms with van der Waals surface area (Å²) in [4.78, 5) is 0. The van der Waals surface area contributed by atoms with Gasteiger partial charge < -0.3 is 4.74 Å². The Morgan fingerprint density at radius 3 is 1.89 bits per heavy atom. The Labute approximate surface area is 119 Å². The molecule has 1 aromatic rings. The van der Waals surface area contributed by atoms with Crippen LogP contribution >= 0.6 is 0 Å². The summed E-state index contributed by atoms with van der Waals surface area (Å²) in [5, 5.41) is 0. The Balaban J connectivity index is 2.75. The van der Waals surface area contributed by atoms with Crippen LogP contribution in [-0.4, -0.2) is 6.61 Å². The molecule has 1 nitrogen and oxygen atoms in total. The summed E-state index contributed by atoms with van der Waals surface area (Å²) >= 11 is 0. The predicted octanol–water partition coefficient (Wildman–Crippen LogP) is 5.44. The van der Waals surface area contributed by atoms with Crippen LogP contribution in [0.2, 0.25) is 0 Å². The number of ether oxygens (including phenoxy) is 1. The molecule has 0 amide bonds. The molecule has 0 aromatic heterocycles. The zero-order chi connectivity index (χ0) is 14.7. The van der Waals surface area contributed by atoms with Crippen LogP contribution in [-0.2, 0) is 5.41 Å². The van der Waals surface area contributed by atoms with Crippen molar-refractivity contribution in [2.75, 3.05) is 6.61 Å². The largest absolute Gasteiger partial charge is 0.493 e. The minimum Gasteiger partial charge on any atom is -0.493 e. The van der Waals surface area contributed by atoms with Gasteiger partial charge in [0.15, 0.2) is 0 Å². The number of hydrogen-bond donors (Lipinski definition) is 0. The summed E-state index contributed by atoms with van der Waals surface area (Å²) in [7, 11) is 0. The second kappa shape index (κ2) is 5.98. The minimum absolute atomic E-state index is 0.203. The van der Waals surface area contributed by atoms with Gasteiger partial charge in [-0.05, 0) is 40.9 Å². The standard InChI is InChI=1S/C18H30O/c1-14(2)12-19-16-10-8-15(9-11-16)18(6,7)13-17(3,4)5/h8-11,14H,12-13H2,1-7H3. The van der Waals surface area contributed by atoms with E-state index in [2.05, 4.69) is 72.7 Å². The lowest BCUT2D eigenvalue weighted by Gasteiger charge is -2.33. The van der Waals surface area contributed by atoms with Gasteiger partial charge in [0.25, 0.3) is 0 Å². The average molecular weight is 262 g/mol. The molecule has 0 bridgehead atoms. The summed E-state index contributed by atoms with van der Waals surface area (Å²) in [6.45, 7) is 16.7. The predicted molar refractivity (Wildman–Crippen MR) is 83.9 cm³/mol. The highest BCUT2D eigenvalue weighted by atomic mass is 16.5. The minimum atomic E-state index is 0.203. The highest BCUT2D eigenvalue weighted by Crippen LogP contribution is 2.36. The third-order valence-electron chi connectivity index (χ3n) is 3.19. The van der Waals surface area contributed by atoms with Crippen molar-refractivity contribution in [1.29, 1.82) is 0 Å². The Hall–Kier alpha value is -0.980. The molecule has 0 saturated heterocycles. The molecule has 1 rings (SSSR count). The number of rotatable bonds is 5. The molecule has 0 unspecified atom stereocenters. The lowest BCUT2D eigenvalue weighted by molar-refractivity contribution is 0.269. The maximum Gasteiger partial charge on any atom is 0.119 e. The van der Waals surface area contributed by atoms with Gasteiger partial charge in [-0.15, -0.1) is 0 Å². The molecule has 1 aromatic carbocycles. The molecule has 0 aliphatic heterocycles. The molecule has 1 heteroatoms. The number of benzene rings is 1. The zero-order valence-electron chi connectivity index (χ0n) is 13.7. The van der Waals surface area contributed by atoms with Gasteiger partial charge in [0.1, 0.15) is 5.75 Å². The van der Waals surface area contributed by atoms with Gasteiger partial charge in [-0.25, -0.2) is 0 Å². The van der Waals surface area contributed by atoms with Gasteiger partial charge >= 0.3 is 0 Å². The summed E-state index contributed by atoms with van der Waals surface area (Å²) in [6, 6.07) is 8.62. The second-order valence-corrected chi connectivity index (χ2v) is 7.85. The van der Waals surface area contributed by atoms with Crippen molar-refractivity contribution < 1.29 is 4.74 Å². The smallest absolute Gasteiger partial charge is 0.119 e. The van der Waals surface area contributed by atoms with Crippen molar-refractivity contribution in [3.8, 4) is 5.75 Å². The van der Waals surface area contributed by atoms with Crippen LogP contribution in [0.4, 0.5) is 0 Å². The number of hydrogen-bond acceptors (Lipinski definition) is 1. The van der Waals surface area contributed by atoms with E-state index in [0.29, 0.717) is 11.3 Å². The molecule has 0 saturated carbocycles. The Morgan fingerprint density at radius 1 is 0.947 bits per heavy atom. The third kappa shape index (κ3) is 5.67. The monoisotopic (exact) mass is 262 g/mol. The Kier molecular flexibility index (Phi) is 5.06. The van der Waals surface area contributed by atoms with Crippen LogP contribution < -0.4 is 4.74 Å². The van der Waals surface area contributed by atoms with E-state index < -0.39 is 0 Å². The van der Waals surface area contributed by atoms with Crippen molar-refractivity contribution >= 4 is 0 Å².